The average molecular weight is 435 g/mol. The zero-order valence-electron chi connectivity index (χ0n) is 20.6. The third-order valence-corrected chi connectivity index (χ3v) is 9.94. The molecule has 2 nitrogen and oxygen atoms in total. The summed E-state index contributed by atoms with van der Waals surface area (Å²) in [5.74, 6) is 0. The summed E-state index contributed by atoms with van der Waals surface area (Å²) in [6.07, 6.45) is 17.7. The third kappa shape index (κ3) is 11.7. The Kier molecular flexibility index (Phi) is 16.4. The highest BCUT2D eigenvalue weighted by Gasteiger charge is 2.36. The van der Waals surface area contributed by atoms with Gasteiger partial charge in [-0.25, -0.2) is 0 Å². The molecule has 0 aromatic heterocycles. The van der Waals surface area contributed by atoms with Gasteiger partial charge in [0.2, 0.25) is 0 Å². The summed E-state index contributed by atoms with van der Waals surface area (Å²) in [7, 11) is -2.11. The van der Waals surface area contributed by atoms with Gasteiger partial charge in [-0.15, -0.1) is 0 Å². The summed E-state index contributed by atoms with van der Waals surface area (Å²) >= 11 is 0. The molecule has 0 amide bonds. The molecule has 0 fully saturated rings. The van der Waals surface area contributed by atoms with Gasteiger partial charge in [0.05, 0.1) is 6.10 Å². The predicted octanol–water partition coefficient (Wildman–Crippen LogP) is 9.35. The van der Waals surface area contributed by atoms with Crippen molar-refractivity contribution >= 4 is 8.56 Å². The van der Waals surface area contributed by atoms with Gasteiger partial charge in [-0.2, -0.15) is 0 Å². The van der Waals surface area contributed by atoms with Crippen molar-refractivity contribution in [3.8, 4) is 0 Å². The van der Waals surface area contributed by atoms with Crippen LogP contribution in [0.4, 0.5) is 0 Å². The summed E-state index contributed by atoms with van der Waals surface area (Å²) < 4.78 is 13.2. The van der Waals surface area contributed by atoms with Crippen LogP contribution in [-0.4, -0.2) is 15.2 Å². The van der Waals surface area contributed by atoms with Crippen LogP contribution in [0, 0.1) is 0 Å². The molecule has 0 heterocycles. The van der Waals surface area contributed by atoms with E-state index in [9.17, 15) is 0 Å². The van der Waals surface area contributed by atoms with Gasteiger partial charge in [-0.05, 0) is 30.5 Å². The molecule has 1 rings (SSSR count). The molecule has 0 saturated carbocycles. The summed E-state index contributed by atoms with van der Waals surface area (Å²) in [4.78, 5) is 0. The van der Waals surface area contributed by atoms with Crippen molar-refractivity contribution in [2.75, 3.05) is 6.61 Å². The molecule has 0 aliphatic heterocycles. The van der Waals surface area contributed by atoms with Crippen molar-refractivity contribution in [2.24, 2.45) is 0 Å². The van der Waals surface area contributed by atoms with Crippen molar-refractivity contribution in [3.05, 3.63) is 35.9 Å². The van der Waals surface area contributed by atoms with E-state index in [0.29, 0.717) is 0 Å². The molecule has 0 aliphatic rings. The van der Waals surface area contributed by atoms with Crippen LogP contribution in [0.1, 0.15) is 123 Å². The monoisotopic (exact) mass is 434 g/mol. The van der Waals surface area contributed by atoms with Gasteiger partial charge >= 0.3 is 8.56 Å². The van der Waals surface area contributed by atoms with Crippen LogP contribution in [0.5, 0.6) is 0 Å². The Hall–Kier alpha value is -0.643. The molecule has 0 aliphatic carbocycles. The summed E-state index contributed by atoms with van der Waals surface area (Å²) in [6.45, 7) is 9.87. The van der Waals surface area contributed by atoms with E-state index in [4.69, 9.17) is 8.85 Å². The number of hydrogen-bond acceptors (Lipinski definition) is 2. The molecule has 0 spiro atoms. The van der Waals surface area contributed by atoms with Crippen LogP contribution in [0.15, 0.2) is 30.3 Å². The zero-order valence-corrected chi connectivity index (χ0v) is 21.6. The minimum Gasteiger partial charge on any atom is -0.394 e. The highest BCUT2D eigenvalue weighted by molar-refractivity contribution is 6.67. The van der Waals surface area contributed by atoms with E-state index >= 15 is 0 Å². The van der Waals surface area contributed by atoms with Crippen LogP contribution in [0.3, 0.4) is 0 Å². The Bertz CT molecular complexity index is 487. The van der Waals surface area contributed by atoms with Gasteiger partial charge in [-0.3, -0.25) is 0 Å². The Labute approximate surface area is 189 Å². The third-order valence-electron chi connectivity index (χ3n) is 6.34. The van der Waals surface area contributed by atoms with Gasteiger partial charge in [0, 0.05) is 6.61 Å². The van der Waals surface area contributed by atoms with Gasteiger partial charge in [0.1, 0.15) is 0 Å². The summed E-state index contributed by atoms with van der Waals surface area (Å²) in [6, 6.07) is 12.7. The fraction of sp³-hybridized carbons (Fsp3) is 0.778. The highest BCUT2D eigenvalue weighted by atomic mass is 28.4. The molecule has 30 heavy (non-hydrogen) atoms. The SMILES string of the molecule is CCCCCCCCCCCCCCO[Si](CC)(CC)OC(CC)c1ccccc1. The molecular weight excluding hydrogens is 384 g/mol. The van der Waals surface area contributed by atoms with Crippen molar-refractivity contribution < 1.29 is 8.85 Å². The van der Waals surface area contributed by atoms with Gasteiger partial charge in [-0.1, -0.05) is 129 Å². The fourth-order valence-electron chi connectivity index (χ4n) is 4.17. The normalized spacial score (nSPS) is 12.9. The molecular formula is C27H50O2Si. The van der Waals surface area contributed by atoms with E-state index in [1.165, 1.54) is 82.6 Å². The lowest BCUT2D eigenvalue weighted by Crippen LogP contribution is -2.42. The smallest absolute Gasteiger partial charge is 0.338 e. The van der Waals surface area contributed by atoms with E-state index in [-0.39, 0.29) is 6.10 Å². The minimum atomic E-state index is -2.11. The van der Waals surface area contributed by atoms with E-state index in [2.05, 4.69) is 58.0 Å². The molecule has 1 aromatic rings. The number of hydrogen-bond donors (Lipinski definition) is 0. The number of rotatable bonds is 20. The first-order valence-electron chi connectivity index (χ1n) is 13.1. The molecule has 0 radical (unpaired) electrons. The Morgan fingerprint density at radius 1 is 0.667 bits per heavy atom. The van der Waals surface area contributed by atoms with E-state index in [0.717, 1.165) is 25.1 Å². The predicted molar refractivity (Wildman–Crippen MR) is 134 cm³/mol. The Morgan fingerprint density at radius 3 is 1.63 bits per heavy atom. The van der Waals surface area contributed by atoms with Crippen LogP contribution in [0.25, 0.3) is 0 Å². The van der Waals surface area contributed by atoms with E-state index in [1.54, 1.807) is 0 Å². The maximum atomic E-state index is 6.70. The summed E-state index contributed by atoms with van der Waals surface area (Å²) in [5, 5.41) is 0. The number of unbranched alkanes of at least 4 members (excludes halogenated alkanes) is 11. The van der Waals surface area contributed by atoms with Gasteiger partial charge in [0.15, 0.2) is 0 Å². The van der Waals surface area contributed by atoms with Crippen molar-refractivity contribution in [1.29, 1.82) is 0 Å². The Morgan fingerprint density at radius 2 is 1.17 bits per heavy atom. The topological polar surface area (TPSA) is 18.5 Å². The van der Waals surface area contributed by atoms with Crippen molar-refractivity contribution in [2.45, 2.75) is 129 Å². The average Bonchev–Trinajstić information content (AvgIpc) is 2.80. The lowest BCUT2D eigenvalue weighted by atomic mass is 10.1. The molecule has 1 atom stereocenters. The molecule has 0 saturated heterocycles. The van der Waals surface area contributed by atoms with Crippen LogP contribution >= 0.6 is 0 Å². The van der Waals surface area contributed by atoms with Gasteiger partial charge < -0.3 is 8.85 Å². The summed E-state index contributed by atoms with van der Waals surface area (Å²) in [5.41, 5.74) is 1.28. The molecule has 1 aromatic carbocycles. The second kappa shape index (κ2) is 18.0. The first-order valence-corrected chi connectivity index (χ1v) is 15.3. The van der Waals surface area contributed by atoms with Crippen molar-refractivity contribution in [3.63, 3.8) is 0 Å². The maximum Gasteiger partial charge on any atom is 0.338 e. The molecule has 0 bridgehead atoms. The first kappa shape index (κ1) is 27.4. The molecule has 174 valence electrons. The first-order chi connectivity index (χ1) is 14.7. The quantitative estimate of drug-likeness (QED) is 0.150. The van der Waals surface area contributed by atoms with Crippen LogP contribution < -0.4 is 0 Å². The maximum absolute atomic E-state index is 6.70. The van der Waals surface area contributed by atoms with Crippen LogP contribution in [-0.2, 0) is 8.85 Å². The second-order valence-electron chi connectivity index (χ2n) is 8.78. The molecule has 1 unspecified atom stereocenters. The Balaban J connectivity index is 2.19. The lowest BCUT2D eigenvalue weighted by molar-refractivity contribution is 0.108. The van der Waals surface area contributed by atoms with Gasteiger partial charge in [0.25, 0.3) is 0 Å². The second-order valence-corrected chi connectivity index (χ2v) is 12.5. The van der Waals surface area contributed by atoms with Crippen LogP contribution in [0.2, 0.25) is 12.1 Å². The number of benzene rings is 1. The fourth-order valence-corrected chi connectivity index (χ4v) is 6.82. The standard InChI is InChI=1S/C27H50O2Si/c1-5-9-10-11-12-13-14-15-16-17-18-22-25-28-30(7-3,8-4)29-27(6-2)26-23-20-19-21-24-26/h19-21,23-24,27H,5-18,22,25H2,1-4H3. The zero-order chi connectivity index (χ0) is 21.9. The van der Waals surface area contributed by atoms with Crippen molar-refractivity contribution in [1.82, 2.24) is 0 Å². The minimum absolute atomic E-state index is 0.166. The van der Waals surface area contributed by atoms with E-state index in [1.807, 2.05) is 0 Å². The largest absolute Gasteiger partial charge is 0.394 e. The van der Waals surface area contributed by atoms with E-state index < -0.39 is 8.56 Å². The molecule has 3 heteroatoms. The highest BCUT2D eigenvalue weighted by Crippen LogP contribution is 2.30. The lowest BCUT2D eigenvalue weighted by Gasteiger charge is -2.33. The molecule has 0 N–H and O–H groups in total.